The third-order valence-electron chi connectivity index (χ3n) is 3.11. The Morgan fingerprint density at radius 2 is 2.11 bits per heavy atom. The summed E-state index contributed by atoms with van der Waals surface area (Å²) in [5.74, 6) is 0. The van der Waals surface area contributed by atoms with Gasteiger partial charge in [0.1, 0.15) is 0 Å². The van der Waals surface area contributed by atoms with Gasteiger partial charge in [0.25, 0.3) is 0 Å². The van der Waals surface area contributed by atoms with Crippen LogP contribution in [0.4, 0.5) is 0 Å². The van der Waals surface area contributed by atoms with Gasteiger partial charge in [-0.15, -0.1) is 11.8 Å². The zero-order valence-electron chi connectivity index (χ0n) is 10.4. The third kappa shape index (κ3) is 2.71. The summed E-state index contributed by atoms with van der Waals surface area (Å²) in [5.41, 5.74) is 5.86. The number of sulfonamides is 1. The molecule has 1 aliphatic rings. The molecule has 1 aromatic rings. The van der Waals surface area contributed by atoms with E-state index in [0.29, 0.717) is 18.0 Å². The number of hydrogen-bond acceptors (Lipinski definition) is 4. The van der Waals surface area contributed by atoms with Crippen molar-refractivity contribution in [3.8, 4) is 0 Å². The van der Waals surface area contributed by atoms with E-state index in [0.717, 1.165) is 17.7 Å². The Hall–Kier alpha value is -0.560. The Morgan fingerprint density at radius 1 is 1.39 bits per heavy atom. The summed E-state index contributed by atoms with van der Waals surface area (Å²) in [6, 6.07) is 7.07. The number of nitrogens with zero attached hydrogens (tertiary/aromatic N) is 1. The molecule has 4 nitrogen and oxygen atoms in total. The second kappa shape index (κ2) is 5.61. The van der Waals surface area contributed by atoms with Crippen molar-refractivity contribution in [2.45, 2.75) is 28.7 Å². The number of nitrogens with two attached hydrogens (primary N) is 1. The summed E-state index contributed by atoms with van der Waals surface area (Å²) >= 11 is 1.45. The normalized spacial score (nSPS) is 22.0. The van der Waals surface area contributed by atoms with Gasteiger partial charge in [-0.25, -0.2) is 8.42 Å². The van der Waals surface area contributed by atoms with Gasteiger partial charge in [0.15, 0.2) is 0 Å². The van der Waals surface area contributed by atoms with E-state index in [2.05, 4.69) is 0 Å². The summed E-state index contributed by atoms with van der Waals surface area (Å²) in [6.45, 7) is 0.990. The average molecular weight is 286 g/mol. The van der Waals surface area contributed by atoms with E-state index in [1.165, 1.54) is 16.1 Å². The lowest BCUT2D eigenvalue weighted by Gasteiger charge is -2.30. The van der Waals surface area contributed by atoms with Crippen molar-refractivity contribution in [1.29, 1.82) is 0 Å². The first-order chi connectivity index (χ1) is 8.55. The highest BCUT2D eigenvalue weighted by Gasteiger charge is 2.30. The summed E-state index contributed by atoms with van der Waals surface area (Å²) < 4.78 is 26.6. The maximum atomic E-state index is 12.6. The van der Waals surface area contributed by atoms with Crippen LogP contribution >= 0.6 is 11.8 Å². The quantitative estimate of drug-likeness (QED) is 0.856. The average Bonchev–Trinajstić information content (AvgIpc) is 2.38. The van der Waals surface area contributed by atoms with Gasteiger partial charge in [-0.2, -0.15) is 4.31 Å². The first-order valence-electron chi connectivity index (χ1n) is 5.94. The number of thioether (sulfide) groups is 1. The van der Waals surface area contributed by atoms with Crippen molar-refractivity contribution >= 4 is 21.8 Å². The fourth-order valence-electron chi connectivity index (χ4n) is 2.16. The Morgan fingerprint density at radius 3 is 2.78 bits per heavy atom. The predicted molar refractivity (Wildman–Crippen MR) is 74.2 cm³/mol. The molecule has 1 saturated heterocycles. The lowest BCUT2D eigenvalue weighted by Crippen LogP contribution is -2.45. The maximum Gasteiger partial charge on any atom is 0.244 e. The van der Waals surface area contributed by atoms with E-state index in [1.54, 1.807) is 12.1 Å². The second-order valence-corrected chi connectivity index (χ2v) is 7.17. The minimum atomic E-state index is -3.41. The lowest BCUT2D eigenvalue weighted by atomic mass is 10.1. The molecule has 2 rings (SSSR count). The molecule has 0 bridgehead atoms. The topological polar surface area (TPSA) is 63.4 Å². The molecule has 18 heavy (non-hydrogen) atoms. The van der Waals surface area contributed by atoms with Crippen LogP contribution in [0.2, 0.25) is 0 Å². The first-order valence-corrected chi connectivity index (χ1v) is 8.61. The molecule has 1 heterocycles. The van der Waals surface area contributed by atoms with E-state index in [4.69, 9.17) is 5.73 Å². The van der Waals surface area contributed by atoms with Crippen LogP contribution in [0.15, 0.2) is 34.1 Å². The summed E-state index contributed by atoms with van der Waals surface area (Å²) in [7, 11) is -3.41. The van der Waals surface area contributed by atoms with Gasteiger partial charge < -0.3 is 5.73 Å². The number of benzene rings is 1. The summed E-state index contributed by atoms with van der Waals surface area (Å²) in [4.78, 5) is 1.18. The highest BCUT2D eigenvalue weighted by Crippen LogP contribution is 2.28. The van der Waals surface area contributed by atoms with E-state index in [1.807, 2.05) is 18.4 Å². The minimum absolute atomic E-state index is 0.0463. The van der Waals surface area contributed by atoms with Crippen LogP contribution in [0, 0.1) is 0 Å². The van der Waals surface area contributed by atoms with Gasteiger partial charge in [0, 0.05) is 24.0 Å². The number of hydrogen-bond donors (Lipinski definition) is 1. The van der Waals surface area contributed by atoms with Crippen LogP contribution in [0.25, 0.3) is 0 Å². The Labute approximate surface area is 113 Å². The van der Waals surface area contributed by atoms with Crippen LogP contribution in [-0.2, 0) is 10.0 Å². The molecule has 1 aliphatic heterocycles. The molecule has 1 aromatic carbocycles. The van der Waals surface area contributed by atoms with Crippen LogP contribution in [0.1, 0.15) is 12.8 Å². The van der Waals surface area contributed by atoms with Crippen molar-refractivity contribution < 1.29 is 8.42 Å². The molecule has 0 spiro atoms. The van der Waals surface area contributed by atoms with Gasteiger partial charge in [-0.1, -0.05) is 12.1 Å². The van der Waals surface area contributed by atoms with E-state index >= 15 is 0 Å². The molecule has 6 heteroatoms. The largest absolute Gasteiger partial charge is 0.327 e. The van der Waals surface area contributed by atoms with Gasteiger partial charge in [-0.3, -0.25) is 0 Å². The lowest BCUT2D eigenvalue weighted by molar-refractivity contribution is 0.315. The third-order valence-corrected chi connectivity index (χ3v) is 5.96. The fourth-order valence-corrected chi connectivity index (χ4v) is 4.82. The summed E-state index contributed by atoms with van der Waals surface area (Å²) in [5, 5.41) is 0. The van der Waals surface area contributed by atoms with Gasteiger partial charge >= 0.3 is 0 Å². The molecule has 0 radical (unpaired) electrons. The van der Waals surface area contributed by atoms with Crippen LogP contribution in [0.5, 0.6) is 0 Å². The highest BCUT2D eigenvalue weighted by molar-refractivity contribution is 7.99. The molecule has 0 amide bonds. The minimum Gasteiger partial charge on any atom is -0.327 e. The van der Waals surface area contributed by atoms with Crippen LogP contribution < -0.4 is 5.73 Å². The monoisotopic (exact) mass is 286 g/mol. The number of rotatable bonds is 3. The zero-order valence-corrected chi connectivity index (χ0v) is 12.0. The van der Waals surface area contributed by atoms with Crippen LogP contribution in [0.3, 0.4) is 0 Å². The predicted octanol–water partition coefficient (Wildman–Crippen LogP) is 1.52. The maximum absolute atomic E-state index is 12.6. The highest BCUT2D eigenvalue weighted by atomic mass is 32.2. The fraction of sp³-hybridized carbons (Fsp3) is 0.500. The molecular formula is C12H18N2O2S2. The molecule has 0 aromatic heterocycles. The Bertz CT molecular complexity index is 517. The molecule has 0 saturated carbocycles. The standard InChI is InChI=1S/C12H18N2O2S2/c1-17-11-6-2-3-7-12(11)18(15,16)14-8-4-5-10(13)9-14/h2-3,6-7,10H,4-5,8-9,13H2,1H3. The molecule has 1 fully saturated rings. The molecule has 1 atom stereocenters. The Kier molecular flexibility index (Phi) is 4.32. The molecule has 2 N–H and O–H groups in total. The first kappa shape index (κ1) is 13.9. The van der Waals surface area contributed by atoms with Gasteiger partial charge in [0.2, 0.25) is 10.0 Å². The van der Waals surface area contributed by atoms with Crippen molar-refractivity contribution in [2.75, 3.05) is 19.3 Å². The van der Waals surface area contributed by atoms with E-state index < -0.39 is 10.0 Å². The van der Waals surface area contributed by atoms with Gasteiger partial charge in [0.05, 0.1) is 4.90 Å². The van der Waals surface area contributed by atoms with Gasteiger partial charge in [-0.05, 0) is 31.2 Å². The van der Waals surface area contributed by atoms with Crippen molar-refractivity contribution in [2.24, 2.45) is 5.73 Å². The van der Waals surface area contributed by atoms with Crippen molar-refractivity contribution in [1.82, 2.24) is 4.31 Å². The van der Waals surface area contributed by atoms with Crippen molar-refractivity contribution in [3.63, 3.8) is 0 Å². The molecule has 100 valence electrons. The second-order valence-electron chi connectivity index (χ2n) is 4.42. The smallest absolute Gasteiger partial charge is 0.244 e. The number of piperidine rings is 1. The van der Waals surface area contributed by atoms with Crippen molar-refractivity contribution in [3.05, 3.63) is 24.3 Å². The zero-order chi connectivity index (χ0) is 13.2. The van der Waals surface area contributed by atoms with Crippen LogP contribution in [-0.4, -0.2) is 38.1 Å². The molecule has 1 unspecified atom stereocenters. The molecular weight excluding hydrogens is 268 g/mol. The molecule has 0 aliphatic carbocycles. The SMILES string of the molecule is CSc1ccccc1S(=O)(=O)N1CCCC(N)C1. The van der Waals surface area contributed by atoms with E-state index in [9.17, 15) is 8.42 Å². The van der Waals surface area contributed by atoms with E-state index in [-0.39, 0.29) is 6.04 Å². The summed E-state index contributed by atoms with van der Waals surface area (Å²) in [6.07, 6.45) is 3.62. The Balaban J connectivity index is 2.35.